The second-order valence-corrected chi connectivity index (χ2v) is 8.51. The molecule has 4 aliphatic carbocycles. The second kappa shape index (κ2) is 5.26. The maximum Gasteiger partial charge on any atom is 0.237 e. The minimum atomic E-state index is 0.0649. The predicted molar refractivity (Wildman–Crippen MR) is 83.9 cm³/mol. The summed E-state index contributed by atoms with van der Waals surface area (Å²) in [6.45, 7) is 3.29. The number of hydrogen-bond acceptors (Lipinski definition) is 2. The molecule has 1 heterocycles. The van der Waals surface area contributed by atoms with Gasteiger partial charge in [0.05, 0.1) is 6.04 Å². The van der Waals surface area contributed by atoms with Crippen LogP contribution in [0.15, 0.2) is 0 Å². The first-order valence-corrected chi connectivity index (χ1v) is 9.18. The van der Waals surface area contributed by atoms with E-state index in [1.807, 2.05) is 0 Å². The molecule has 0 radical (unpaired) electrons. The highest BCUT2D eigenvalue weighted by atomic mass is 16.2. The molecule has 0 aromatic heterocycles. The van der Waals surface area contributed by atoms with Gasteiger partial charge in [-0.3, -0.25) is 4.79 Å². The number of piperidine rings is 1. The predicted octanol–water partition coefficient (Wildman–Crippen LogP) is 2.85. The van der Waals surface area contributed by atoms with E-state index in [1.165, 1.54) is 51.4 Å². The number of hydrogen-bond donors (Lipinski definition) is 2. The summed E-state index contributed by atoms with van der Waals surface area (Å²) in [5, 5.41) is 6.79. The SMILES string of the molecule is CC(NC(=O)[C@@H]1CCCCN1)C12CC3CC(CC(C3)C1)C2. The van der Waals surface area contributed by atoms with E-state index in [1.54, 1.807) is 0 Å². The molecular weight excluding hydrogens is 260 g/mol. The Morgan fingerprint density at radius 2 is 1.71 bits per heavy atom. The zero-order valence-electron chi connectivity index (χ0n) is 13.4. The van der Waals surface area contributed by atoms with Crippen LogP contribution in [0.1, 0.15) is 64.7 Å². The third-order valence-corrected chi connectivity index (χ3v) is 6.99. The van der Waals surface area contributed by atoms with Crippen molar-refractivity contribution in [3.63, 3.8) is 0 Å². The van der Waals surface area contributed by atoms with Crippen LogP contribution in [0, 0.1) is 23.2 Å². The third-order valence-electron chi connectivity index (χ3n) is 6.99. The Balaban J connectivity index is 1.42. The Morgan fingerprint density at radius 3 is 2.24 bits per heavy atom. The molecule has 5 rings (SSSR count). The Morgan fingerprint density at radius 1 is 1.10 bits per heavy atom. The van der Waals surface area contributed by atoms with Gasteiger partial charge in [-0.05, 0) is 88.0 Å². The highest BCUT2D eigenvalue weighted by molar-refractivity contribution is 5.82. The summed E-state index contributed by atoms with van der Waals surface area (Å²) >= 11 is 0. The molecule has 1 amide bonds. The van der Waals surface area contributed by atoms with E-state index in [-0.39, 0.29) is 11.9 Å². The lowest BCUT2D eigenvalue weighted by Crippen LogP contribution is -2.58. The molecule has 4 bridgehead atoms. The Bertz CT molecular complexity index is 378. The van der Waals surface area contributed by atoms with Gasteiger partial charge in [0.1, 0.15) is 0 Å². The minimum Gasteiger partial charge on any atom is -0.352 e. The number of nitrogens with one attached hydrogen (secondary N) is 2. The average Bonchev–Trinajstić information content (AvgIpc) is 2.46. The molecule has 3 nitrogen and oxygen atoms in total. The van der Waals surface area contributed by atoms with Crippen LogP contribution in [0.2, 0.25) is 0 Å². The molecule has 1 saturated heterocycles. The van der Waals surface area contributed by atoms with Crippen LogP contribution < -0.4 is 10.6 Å². The molecule has 21 heavy (non-hydrogen) atoms. The van der Waals surface area contributed by atoms with Gasteiger partial charge in [0, 0.05) is 6.04 Å². The lowest BCUT2D eigenvalue weighted by atomic mass is 9.48. The molecular formula is C18H30N2O. The number of carbonyl (C=O) groups excluding carboxylic acids is 1. The summed E-state index contributed by atoms with van der Waals surface area (Å²) < 4.78 is 0. The Hall–Kier alpha value is -0.570. The zero-order chi connectivity index (χ0) is 14.4. The molecule has 2 N–H and O–H groups in total. The van der Waals surface area contributed by atoms with Crippen LogP contribution in [0.4, 0.5) is 0 Å². The van der Waals surface area contributed by atoms with E-state index < -0.39 is 0 Å². The topological polar surface area (TPSA) is 41.1 Å². The first kappa shape index (κ1) is 14.0. The minimum absolute atomic E-state index is 0.0649. The summed E-state index contributed by atoms with van der Waals surface area (Å²) in [7, 11) is 0. The van der Waals surface area contributed by atoms with Crippen LogP contribution in [0.5, 0.6) is 0 Å². The molecule has 4 saturated carbocycles. The van der Waals surface area contributed by atoms with Crippen LogP contribution in [-0.2, 0) is 4.79 Å². The molecule has 5 fully saturated rings. The van der Waals surface area contributed by atoms with Crippen molar-refractivity contribution >= 4 is 5.91 Å². The van der Waals surface area contributed by atoms with Gasteiger partial charge in [-0.15, -0.1) is 0 Å². The normalized spacial score (nSPS) is 46.3. The summed E-state index contributed by atoms with van der Waals surface area (Å²) in [6.07, 6.45) is 12.0. The molecule has 0 aromatic carbocycles. The van der Waals surface area contributed by atoms with Gasteiger partial charge in [-0.1, -0.05) is 6.42 Å². The third kappa shape index (κ3) is 2.52. The van der Waals surface area contributed by atoms with Crippen molar-refractivity contribution in [3.05, 3.63) is 0 Å². The van der Waals surface area contributed by atoms with Gasteiger partial charge in [-0.25, -0.2) is 0 Å². The van der Waals surface area contributed by atoms with E-state index in [4.69, 9.17) is 0 Å². The molecule has 2 atom stereocenters. The van der Waals surface area contributed by atoms with Gasteiger partial charge < -0.3 is 10.6 Å². The summed E-state index contributed by atoms with van der Waals surface area (Å²) in [5.74, 6) is 3.15. The van der Waals surface area contributed by atoms with Crippen molar-refractivity contribution in [3.8, 4) is 0 Å². The quantitative estimate of drug-likeness (QED) is 0.839. The molecule has 0 aromatic rings. The van der Waals surface area contributed by atoms with Crippen LogP contribution >= 0.6 is 0 Å². The monoisotopic (exact) mass is 290 g/mol. The van der Waals surface area contributed by atoms with Gasteiger partial charge >= 0.3 is 0 Å². The highest BCUT2D eigenvalue weighted by Crippen LogP contribution is 2.61. The van der Waals surface area contributed by atoms with Gasteiger partial charge in [0.2, 0.25) is 5.91 Å². The molecule has 1 aliphatic heterocycles. The van der Waals surface area contributed by atoms with Gasteiger partial charge in [-0.2, -0.15) is 0 Å². The standard InChI is InChI=1S/C18H30N2O/c1-12(20-17(21)16-4-2-3-5-19-16)18-9-13-6-14(10-18)8-15(7-13)11-18/h12-16,19H,2-11H2,1H3,(H,20,21)/t12?,13?,14?,15?,16-,18?/m0/s1. The van der Waals surface area contributed by atoms with E-state index in [9.17, 15) is 4.79 Å². The number of rotatable bonds is 3. The maximum atomic E-state index is 12.5. The average molecular weight is 290 g/mol. The first-order chi connectivity index (χ1) is 10.1. The van der Waals surface area contributed by atoms with Crippen molar-refractivity contribution in [2.75, 3.05) is 6.54 Å². The molecule has 1 unspecified atom stereocenters. The van der Waals surface area contributed by atoms with Gasteiger partial charge in [0.25, 0.3) is 0 Å². The number of carbonyl (C=O) groups is 1. The number of amides is 1. The summed E-state index contributed by atoms with van der Waals surface area (Å²) in [4.78, 5) is 12.5. The van der Waals surface area contributed by atoms with Crippen LogP contribution in [-0.4, -0.2) is 24.5 Å². The first-order valence-electron chi connectivity index (χ1n) is 9.18. The second-order valence-electron chi connectivity index (χ2n) is 8.51. The summed E-state index contributed by atoms with van der Waals surface area (Å²) in [5.41, 5.74) is 0.430. The van der Waals surface area contributed by atoms with Crippen molar-refractivity contribution in [2.45, 2.75) is 76.8 Å². The molecule has 3 heteroatoms. The van der Waals surface area contributed by atoms with E-state index in [2.05, 4.69) is 17.6 Å². The Kier molecular flexibility index (Phi) is 3.52. The highest BCUT2D eigenvalue weighted by Gasteiger charge is 2.53. The fraction of sp³-hybridized carbons (Fsp3) is 0.944. The molecule has 0 spiro atoms. The molecule has 5 aliphatic rings. The van der Waals surface area contributed by atoms with Crippen molar-refractivity contribution < 1.29 is 4.79 Å². The largest absolute Gasteiger partial charge is 0.352 e. The van der Waals surface area contributed by atoms with E-state index >= 15 is 0 Å². The smallest absolute Gasteiger partial charge is 0.237 e. The zero-order valence-corrected chi connectivity index (χ0v) is 13.4. The lowest BCUT2D eigenvalue weighted by molar-refractivity contribution is -0.128. The van der Waals surface area contributed by atoms with E-state index in [0.29, 0.717) is 11.5 Å². The fourth-order valence-electron chi connectivity index (χ4n) is 6.25. The fourth-order valence-corrected chi connectivity index (χ4v) is 6.25. The van der Waals surface area contributed by atoms with Crippen molar-refractivity contribution in [1.82, 2.24) is 10.6 Å². The Labute approximate surface area is 128 Å². The lowest BCUT2D eigenvalue weighted by Gasteiger charge is -2.59. The van der Waals surface area contributed by atoms with Crippen LogP contribution in [0.3, 0.4) is 0 Å². The van der Waals surface area contributed by atoms with Crippen LogP contribution in [0.25, 0.3) is 0 Å². The summed E-state index contributed by atoms with van der Waals surface area (Å²) in [6, 6.07) is 0.428. The van der Waals surface area contributed by atoms with Gasteiger partial charge in [0.15, 0.2) is 0 Å². The maximum absolute atomic E-state index is 12.5. The van der Waals surface area contributed by atoms with E-state index in [0.717, 1.165) is 30.7 Å². The molecule has 118 valence electrons. The van der Waals surface area contributed by atoms with Crippen molar-refractivity contribution in [2.24, 2.45) is 23.2 Å². The van der Waals surface area contributed by atoms with Crippen molar-refractivity contribution in [1.29, 1.82) is 0 Å².